The van der Waals surface area contributed by atoms with Crippen LogP contribution in [-0.4, -0.2) is 21.9 Å². The average molecular weight is 349 g/mol. The zero-order valence-corrected chi connectivity index (χ0v) is 15.4. The maximum Gasteiger partial charge on any atom is 0.277 e. The van der Waals surface area contributed by atoms with Gasteiger partial charge in [-0.2, -0.15) is 0 Å². The lowest BCUT2D eigenvalue weighted by molar-refractivity contribution is -0.435. The van der Waals surface area contributed by atoms with Crippen molar-refractivity contribution in [2.24, 2.45) is 5.92 Å². The second-order valence-corrected chi connectivity index (χ2v) is 7.24. The first-order valence-electron chi connectivity index (χ1n) is 8.02. The minimum atomic E-state index is -0.0956. The summed E-state index contributed by atoms with van der Waals surface area (Å²) >= 11 is 1.23. The van der Waals surface area contributed by atoms with Crippen molar-refractivity contribution in [3.63, 3.8) is 0 Å². The number of benzene rings is 1. The lowest BCUT2D eigenvalue weighted by atomic mass is 10.1. The van der Waals surface area contributed by atoms with E-state index in [0.29, 0.717) is 17.0 Å². The minimum absolute atomic E-state index is 0.0179. The van der Waals surface area contributed by atoms with E-state index in [1.807, 2.05) is 32.0 Å². The fourth-order valence-electron chi connectivity index (χ4n) is 2.31. The summed E-state index contributed by atoms with van der Waals surface area (Å²) in [5.74, 6) is 1.17. The van der Waals surface area contributed by atoms with E-state index in [0.717, 1.165) is 23.2 Å². The molecule has 130 valence electrons. The van der Waals surface area contributed by atoms with Gasteiger partial charge in [0, 0.05) is 12.1 Å². The number of hydrogen-bond acceptors (Lipinski definition) is 5. The summed E-state index contributed by atoms with van der Waals surface area (Å²) in [6, 6.07) is 5.83. The molecule has 1 heterocycles. The van der Waals surface area contributed by atoms with Gasteiger partial charge in [0.1, 0.15) is 0 Å². The van der Waals surface area contributed by atoms with Crippen molar-refractivity contribution >= 4 is 23.4 Å². The van der Waals surface area contributed by atoms with Gasteiger partial charge in [0.05, 0.1) is 5.75 Å². The number of quaternary nitrogens is 1. The van der Waals surface area contributed by atoms with Crippen LogP contribution < -0.4 is 11.1 Å². The Morgan fingerprint density at radius 2 is 2.08 bits per heavy atom. The van der Waals surface area contributed by atoms with Gasteiger partial charge < -0.3 is 15.5 Å². The van der Waals surface area contributed by atoms with Crippen LogP contribution in [0.1, 0.15) is 43.3 Å². The van der Waals surface area contributed by atoms with Gasteiger partial charge in [-0.3, -0.25) is 4.79 Å². The molecule has 0 fully saturated rings. The molecule has 0 bridgehead atoms. The van der Waals surface area contributed by atoms with Gasteiger partial charge in [0.25, 0.3) is 11.1 Å². The van der Waals surface area contributed by atoms with Gasteiger partial charge in [-0.1, -0.05) is 37.7 Å². The van der Waals surface area contributed by atoms with E-state index >= 15 is 0 Å². The molecule has 0 spiro atoms. The van der Waals surface area contributed by atoms with Crippen LogP contribution in [0.2, 0.25) is 0 Å². The molecule has 2 rings (SSSR count). The predicted molar refractivity (Wildman–Crippen MR) is 94.7 cm³/mol. The number of aryl methyl sites for hydroxylation is 1. The van der Waals surface area contributed by atoms with Crippen molar-refractivity contribution < 1.29 is 14.9 Å². The first kappa shape index (κ1) is 18.5. The summed E-state index contributed by atoms with van der Waals surface area (Å²) in [5, 5.41) is 11.3. The van der Waals surface area contributed by atoms with E-state index in [1.54, 1.807) is 0 Å². The highest BCUT2D eigenvalue weighted by atomic mass is 32.2. The highest BCUT2D eigenvalue weighted by Crippen LogP contribution is 2.22. The van der Waals surface area contributed by atoms with Crippen LogP contribution in [0.5, 0.6) is 0 Å². The number of aromatic nitrogens is 2. The molecule has 1 amide bonds. The summed E-state index contributed by atoms with van der Waals surface area (Å²) in [6.45, 7) is 8.27. The highest BCUT2D eigenvalue weighted by Gasteiger charge is 2.19. The Bertz CT molecular complexity index is 700. The highest BCUT2D eigenvalue weighted by molar-refractivity contribution is 7.99. The van der Waals surface area contributed by atoms with Crippen LogP contribution in [0.15, 0.2) is 27.8 Å². The number of carbonyl (C=O) groups is 1. The quantitative estimate of drug-likeness (QED) is 0.749. The summed E-state index contributed by atoms with van der Waals surface area (Å²) in [7, 11) is 0. The van der Waals surface area contributed by atoms with E-state index in [9.17, 15) is 4.79 Å². The summed E-state index contributed by atoms with van der Waals surface area (Å²) in [6.07, 6.45) is 0.888. The van der Waals surface area contributed by atoms with Crippen LogP contribution >= 0.6 is 11.8 Å². The Kier molecular flexibility index (Phi) is 6.39. The third kappa shape index (κ3) is 5.07. The summed E-state index contributed by atoms with van der Waals surface area (Å²) < 4.78 is 5.59. The third-order valence-electron chi connectivity index (χ3n) is 3.73. The number of anilines is 1. The van der Waals surface area contributed by atoms with Crippen molar-refractivity contribution in [3.8, 4) is 0 Å². The van der Waals surface area contributed by atoms with Crippen LogP contribution in [0, 0.1) is 19.8 Å². The Hall–Kier alpha value is -1.86. The molecule has 0 aliphatic heterocycles. The fraction of sp³-hybridized carbons (Fsp3) is 0.471. The lowest BCUT2D eigenvalue weighted by Gasteiger charge is -2.09. The fourth-order valence-corrected chi connectivity index (χ4v) is 2.88. The van der Waals surface area contributed by atoms with Gasteiger partial charge in [0.2, 0.25) is 5.91 Å². The Balaban J connectivity index is 1.88. The van der Waals surface area contributed by atoms with Gasteiger partial charge in [-0.05, 0) is 37.0 Å². The largest absolute Gasteiger partial charge is 0.410 e. The molecule has 4 N–H and O–H groups in total. The van der Waals surface area contributed by atoms with Crippen LogP contribution in [0.4, 0.5) is 5.69 Å². The molecule has 1 aromatic carbocycles. The number of rotatable bonds is 7. The lowest BCUT2D eigenvalue weighted by Crippen LogP contribution is -2.54. The SMILES string of the molecule is Cc1cccc(NC(=O)CSc2nnc(C([NH3+])CC(C)C)o2)c1C. The Morgan fingerprint density at radius 3 is 2.79 bits per heavy atom. The molecule has 24 heavy (non-hydrogen) atoms. The number of thioether (sulfide) groups is 1. The second-order valence-electron chi connectivity index (χ2n) is 6.32. The average Bonchev–Trinajstić information content (AvgIpc) is 2.98. The zero-order chi connectivity index (χ0) is 17.7. The topological polar surface area (TPSA) is 95.7 Å². The zero-order valence-electron chi connectivity index (χ0n) is 14.6. The molecule has 0 saturated heterocycles. The van der Waals surface area contributed by atoms with Gasteiger partial charge in [-0.15, -0.1) is 10.2 Å². The first-order valence-corrected chi connectivity index (χ1v) is 9.00. The van der Waals surface area contributed by atoms with Crippen molar-refractivity contribution in [2.75, 3.05) is 11.1 Å². The third-order valence-corrected chi connectivity index (χ3v) is 4.55. The standard InChI is InChI=1S/C17H24N4O2S/c1-10(2)8-13(18)16-20-21-17(23-16)24-9-15(22)19-14-7-5-6-11(3)12(14)4/h5-7,10,13H,8-9,18H2,1-4H3,(H,19,22)/p+1. The molecule has 1 unspecified atom stereocenters. The van der Waals surface area contributed by atoms with Gasteiger partial charge in [0.15, 0.2) is 6.04 Å². The normalized spacial score (nSPS) is 12.4. The number of hydrogen-bond donors (Lipinski definition) is 2. The molecule has 1 atom stereocenters. The first-order chi connectivity index (χ1) is 11.4. The molecule has 0 saturated carbocycles. The Labute approximate surface area is 146 Å². The van der Waals surface area contributed by atoms with E-state index in [1.165, 1.54) is 11.8 Å². The molecule has 1 aromatic heterocycles. The summed E-state index contributed by atoms with van der Waals surface area (Å²) in [4.78, 5) is 12.1. The van der Waals surface area contributed by atoms with Crippen LogP contribution in [0.3, 0.4) is 0 Å². The molecule has 2 aromatic rings. The van der Waals surface area contributed by atoms with E-state index in [2.05, 4.69) is 35.1 Å². The van der Waals surface area contributed by atoms with E-state index in [4.69, 9.17) is 4.42 Å². The van der Waals surface area contributed by atoms with Gasteiger partial charge in [-0.25, -0.2) is 0 Å². The van der Waals surface area contributed by atoms with Crippen molar-refractivity contribution in [2.45, 2.75) is 45.4 Å². The monoisotopic (exact) mass is 349 g/mol. The number of nitrogens with zero attached hydrogens (tertiary/aromatic N) is 2. The predicted octanol–water partition coefficient (Wildman–Crippen LogP) is 2.75. The summed E-state index contributed by atoms with van der Waals surface area (Å²) in [5.41, 5.74) is 7.10. The molecule has 0 aliphatic carbocycles. The van der Waals surface area contributed by atoms with Crippen LogP contribution in [-0.2, 0) is 4.79 Å². The number of amides is 1. The maximum absolute atomic E-state index is 12.1. The molecule has 7 heteroatoms. The number of nitrogens with one attached hydrogen (secondary N) is 1. The van der Waals surface area contributed by atoms with Crippen LogP contribution in [0.25, 0.3) is 0 Å². The smallest absolute Gasteiger partial charge is 0.277 e. The van der Waals surface area contributed by atoms with Crippen molar-refractivity contribution in [1.29, 1.82) is 0 Å². The molecule has 6 nitrogen and oxygen atoms in total. The van der Waals surface area contributed by atoms with E-state index < -0.39 is 0 Å². The minimum Gasteiger partial charge on any atom is -0.410 e. The Morgan fingerprint density at radius 1 is 1.33 bits per heavy atom. The van der Waals surface area contributed by atoms with Crippen molar-refractivity contribution in [1.82, 2.24) is 10.2 Å². The maximum atomic E-state index is 12.1. The second kappa shape index (κ2) is 8.30. The molecule has 0 aliphatic rings. The molecular weight excluding hydrogens is 324 g/mol. The number of carbonyl (C=O) groups excluding carboxylic acids is 1. The van der Waals surface area contributed by atoms with E-state index in [-0.39, 0.29) is 17.7 Å². The van der Waals surface area contributed by atoms with Gasteiger partial charge >= 0.3 is 0 Å². The molecule has 0 radical (unpaired) electrons. The van der Waals surface area contributed by atoms with Crippen molar-refractivity contribution in [3.05, 3.63) is 35.2 Å². The molecular formula is C17H25N4O2S+.